The summed E-state index contributed by atoms with van der Waals surface area (Å²) in [5.41, 5.74) is 0.697. The monoisotopic (exact) mass is 274 g/mol. The summed E-state index contributed by atoms with van der Waals surface area (Å²) in [6.07, 6.45) is 2.40. The van der Waals surface area contributed by atoms with Gasteiger partial charge in [-0.2, -0.15) is 0 Å². The number of hydrogen-bond acceptors (Lipinski definition) is 3. The first-order chi connectivity index (χ1) is 9.66. The highest BCUT2D eigenvalue weighted by Crippen LogP contribution is 2.22. The van der Waals surface area contributed by atoms with Gasteiger partial charge < -0.3 is 10.1 Å². The van der Waals surface area contributed by atoms with E-state index in [4.69, 9.17) is 4.74 Å². The highest BCUT2D eigenvalue weighted by molar-refractivity contribution is 5.49. The largest absolute Gasteiger partial charge is 0.487 e. The maximum absolute atomic E-state index is 13.5. The van der Waals surface area contributed by atoms with Gasteiger partial charge in [-0.05, 0) is 44.0 Å². The Morgan fingerprint density at radius 2 is 2.00 bits per heavy atom. The second kappa shape index (κ2) is 6.89. The summed E-state index contributed by atoms with van der Waals surface area (Å²) in [6, 6.07) is 10.5. The van der Waals surface area contributed by atoms with Gasteiger partial charge >= 0.3 is 0 Å². The van der Waals surface area contributed by atoms with Crippen molar-refractivity contribution in [3.05, 3.63) is 54.0 Å². The SMILES string of the molecule is CC(C)Oc1cccnc1NCCc1ccccc1F. The molecule has 0 atom stereocenters. The van der Waals surface area contributed by atoms with E-state index in [0.29, 0.717) is 24.3 Å². The number of pyridine rings is 1. The third kappa shape index (κ3) is 3.95. The van der Waals surface area contributed by atoms with Crippen LogP contribution in [0, 0.1) is 5.82 Å². The fourth-order valence-electron chi connectivity index (χ4n) is 1.89. The van der Waals surface area contributed by atoms with Crippen molar-refractivity contribution in [2.75, 3.05) is 11.9 Å². The number of rotatable bonds is 6. The Kier molecular flexibility index (Phi) is 4.93. The van der Waals surface area contributed by atoms with E-state index in [1.807, 2.05) is 32.0 Å². The van der Waals surface area contributed by atoms with Crippen molar-refractivity contribution in [3.63, 3.8) is 0 Å². The van der Waals surface area contributed by atoms with E-state index < -0.39 is 0 Å². The number of nitrogens with one attached hydrogen (secondary N) is 1. The predicted molar refractivity (Wildman–Crippen MR) is 78.6 cm³/mol. The molecule has 0 aliphatic heterocycles. The number of halogens is 1. The van der Waals surface area contributed by atoms with E-state index in [2.05, 4.69) is 10.3 Å². The zero-order valence-corrected chi connectivity index (χ0v) is 11.8. The van der Waals surface area contributed by atoms with Crippen LogP contribution in [0.4, 0.5) is 10.2 Å². The van der Waals surface area contributed by atoms with Crippen molar-refractivity contribution in [3.8, 4) is 5.75 Å². The molecule has 0 bridgehead atoms. The number of aromatic nitrogens is 1. The zero-order valence-electron chi connectivity index (χ0n) is 11.8. The molecule has 2 rings (SSSR count). The van der Waals surface area contributed by atoms with Gasteiger partial charge in [0.15, 0.2) is 11.6 Å². The molecule has 106 valence electrons. The van der Waals surface area contributed by atoms with E-state index in [9.17, 15) is 4.39 Å². The Bertz CT molecular complexity index is 558. The van der Waals surface area contributed by atoms with Gasteiger partial charge in [0.05, 0.1) is 6.10 Å². The molecule has 0 saturated heterocycles. The van der Waals surface area contributed by atoms with Gasteiger partial charge in [0.1, 0.15) is 5.82 Å². The third-order valence-corrected chi connectivity index (χ3v) is 2.78. The second-order valence-corrected chi connectivity index (χ2v) is 4.78. The first kappa shape index (κ1) is 14.3. The molecule has 1 aromatic heterocycles. The van der Waals surface area contributed by atoms with Gasteiger partial charge in [-0.25, -0.2) is 9.37 Å². The molecule has 20 heavy (non-hydrogen) atoms. The maximum atomic E-state index is 13.5. The summed E-state index contributed by atoms with van der Waals surface area (Å²) in [7, 11) is 0. The van der Waals surface area contributed by atoms with E-state index in [0.717, 1.165) is 5.75 Å². The minimum atomic E-state index is -0.172. The highest BCUT2D eigenvalue weighted by Gasteiger charge is 2.06. The lowest BCUT2D eigenvalue weighted by atomic mass is 10.1. The van der Waals surface area contributed by atoms with Crippen LogP contribution in [-0.4, -0.2) is 17.6 Å². The van der Waals surface area contributed by atoms with Crippen LogP contribution in [-0.2, 0) is 6.42 Å². The summed E-state index contributed by atoms with van der Waals surface area (Å²) in [6.45, 7) is 4.54. The Balaban J connectivity index is 1.96. The van der Waals surface area contributed by atoms with Crippen molar-refractivity contribution in [1.82, 2.24) is 4.98 Å². The van der Waals surface area contributed by atoms with Crippen molar-refractivity contribution in [1.29, 1.82) is 0 Å². The van der Waals surface area contributed by atoms with Crippen molar-refractivity contribution >= 4 is 5.82 Å². The van der Waals surface area contributed by atoms with E-state index in [1.54, 1.807) is 18.3 Å². The fourth-order valence-corrected chi connectivity index (χ4v) is 1.89. The lowest BCUT2D eigenvalue weighted by Crippen LogP contribution is -2.11. The zero-order chi connectivity index (χ0) is 14.4. The molecule has 1 heterocycles. The van der Waals surface area contributed by atoms with E-state index >= 15 is 0 Å². The van der Waals surface area contributed by atoms with Crippen LogP contribution < -0.4 is 10.1 Å². The van der Waals surface area contributed by atoms with Crippen LogP contribution >= 0.6 is 0 Å². The van der Waals surface area contributed by atoms with Crippen molar-refractivity contribution in [2.45, 2.75) is 26.4 Å². The van der Waals surface area contributed by atoms with Crippen LogP contribution in [0.3, 0.4) is 0 Å². The Morgan fingerprint density at radius 3 is 2.75 bits per heavy atom. The molecule has 0 radical (unpaired) electrons. The van der Waals surface area contributed by atoms with Crippen molar-refractivity contribution in [2.24, 2.45) is 0 Å². The van der Waals surface area contributed by atoms with Gasteiger partial charge in [0, 0.05) is 12.7 Å². The first-order valence-electron chi connectivity index (χ1n) is 6.76. The Hall–Kier alpha value is -2.10. The van der Waals surface area contributed by atoms with Crippen LogP contribution in [0.2, 0.25) is 0 Å². The molecule has 2 aromatic rings. The number of anilines is 1. The number of nitrogens with zero attached hydrogens (tertiary/aromatic N) is 1. The minimum absolute atomic E-state index is 0.0892. The summed E-state index contributed by atoms with van der Waals surface area (Å²) < 4.78 is 19.2. The van der Waals surface area contributed by atoms with Gasteiger partial charge in [0.25, 0.3) is 0 Å². The summed E-state index contributed by atoms with van der Waals surface area (Å²) in [5.74, 6) is 1.24. The third-order valence-electron chi connectivity index (χ3n) is 2.78. The minimum Gasteiger partial charge on any atom is -0.487 e. The summed E-state index contributed by atoms with van der Waals surface area (Å²) >= 11 is 0. The molecule has 4 heteroatoms. The van der Waals surface area contributed by atoms with Crippen LogP contribution in [0.25, 0.3) is 0 Å². The second-order valence-electron chi connectivity index (χ2n) is 4.78. The molecule has 0 aliphatic carbocycles. The standard InChI is InChI=1S/C16H19FN2O/c1-12(2)20-15-8-5-10-18-16(15)19-11-9-13-6-3-4-7-14(13)17/h3-8,10,12H,9,11H2,1-2H3,(H,18,19). The average Bonchev–Trinajstić information content (AvgIpc) is 2.42. The molecule has 0 aliphatic rings. The predicted octanol–water partition coefficient (Wildman–Crippen LogP) is 3.66. The number of hydrogen-bond donors (Lipinski definition) is 1. The smallest absolute Gasteiger partial charge is 0.168 e. The molecule has 0 amide bonds. The van der Waals surface area contributed by atoms with Gasteiger partial charge in [-0.15, -0.1) is 0 Å². The molecule has 0 spiro atoms. The maximum Gasteiger partial charge on any atom is 0.168 e. The van der Waals surface area contributed by atoms with Crippen LogP contribution in [0.5, 0.6) is 5.75 Å². The molecule has 1 aromatic carbocycles. The summed E-state index contributed by atoms with van der Waals surface area (Å²) in [5, 5.41) is 3.19. The fraction of sp³-hybridized carbons (Fsp3) is 0.312. The molecular formula is C16H19FN2O. The van der Waals surface area contributed by atoms with E-state index in [1.165, 1.54) is 6.07 Å². The van der Waals surface area contributed by atoms with Gasteiger partial charge in [0.2, 0.25) is 0 Å². The molecule has 0 fully saturated rings. The van der Waals surface area contributed by atoms with Crippen LogP contribution in [0.15, 0.2) is 42.6 Å². The average molecular weight is 274 g/mol. The molecule has 1 N–H and O–H groups in total. The number of ether oxygens (including phenoxy) is 1. The first-order valence-corrected chi connectivity index (χ1v) is 6.76. The Labute approximate surface area is 118 Å². The molecule has 0 saturated carbocycles. The topological polar surface area (TPSA) is 34.1 Å². The lowest BCUT2D eigenvalue weighted by molar-refractivity contribution is 0.243. The quantitative estimate of drug-likeness (QED) is 0.872. The lowest BCUT2D eigenvalue weighted by Gasteiger charge is -2.14. The van der Waals surface area contributed by atoms with Crippen LogP contribution in [0.1, 0.15) is 19.4 Å². The van der Waals surface area contributed by atoms with Gasteiger partial charge in [-0.3, -0.25) is 0 Å². The normalized spacial score (nSPS) is 10.6. The Morgan fingerprint density at radius 1 is 1.20 bits per heavy atom. The number of benzene rings is 1. The molecule has 3 nitrogen and oxygen atoms in total. The molecular weight excluding hydrogens is 255 g/mol. The van der Waals surface area contributed by atoms with Crippen molar-refractivity contribution < 1.29 is 9.13 Å². The van der Waals surface area contributed by atoms with E-state index in [-0.39, 0.29) is 11.9 Å². The summed E-state index contributed by atoms with van der Waals surface area (Å²) in [4.78, 5) is 4.26. The molecule has 0 unspecified atom stereocenters. The highest BCUT2D eigenvalue weighted by atomic mass is 19.1. The van der Waals surface area contributed by atoms with Gasteiger partial charge in [-0.1, -0.05) is 18.2 Å².